The fraction of sp³-hybridized carbons (Fsp3) is 0.875. The Morgan fingerprint density at radius 1 is 1.05 bits per heavy atom. The second-order valence-corrected chi connectivity index (χ2v) is 6.75. The molecule has 1 N–H and O–H groups in total. The first-order chi connectivity index (χ1) is 10.2. The summed E-state index contributed by atoms with van der Waals surface area (Å²) < 4.78 is 0. The summed E-state index contributed by atoms with van der Waals surface area (Å²) in [4.78, 5) is 27.8. The topological polar surface area (TPSA) is 52.7 Å². The highest BCUT2D eigenvalue weighted by molar-refractivity contribution is 5.86. The SMILES string of the molecule is O=C(CN1CCNCC1=O)N1CCC(C2CCCC2)CC1. The molecule has 5 heteroatoms. The first-order valence-corrected chi connectivity index (χ1v) is 8.50. The summed E-state index contributed by atoms with van der Waals surface area (Å²) in [6, 6.07) is 0. The number of carbonyl (C=O) groups is 2. The van der Waals surface area contributed by atoms with Gasteiger partial charge in [-0.15, -0.1) is 0 Å². The van der Waals surface area contributed by atoms with Crippen molar-refractivity contribution in [2.24, 2.45) is 11.8 Å². The van der Waals surface area contributed by atoms with Crippen LogP contribution in [0.25, 0.3) is 0 Å². The molecule has 1 saturated carbocycles. The lowest BCUT2D eigenvalue weighted by molar-refractivity contribution is -0.142. The van der Waals surface area contributed by atoms with Crippen LogP contribution in [0.2, 0.25) is 0 Å². The second-order valence-electron chi connectivity index (χ2n) is 6.75. The van der Waals surface area contributed by atoms with Gasteiger partial charge in [-0.25, -0.2) is 0 Å². The van der Waals surface area contributed by atoms with Crippen molar-refractivity contribution >= 4 is 11.8 Å². The van der Waals surface area contributed by atoms with E-state index in [4.69, 9.17) is 0 Å². The lowest BCUT2D eigenvalue weighted by Gasteiger charge is -2.36. The number of likely N-dealkylation sites (tertiary alicyclic amines) is 1. The zero-order valence-electron chi connectivity index (χ0n) is 12.9. The fourth-order valence-electron chi connectivity index (χ4n) is 4.13. The maximum Gasteiger partial charge on any atom is 0.242 e. The first-order valence-electron chi connectivity index (χ1n) is 8.50. The van der Waals surface area contributed by atoms with E-state index in [0.717, 1.165) is 44.3 Å². The number of hydrogen-bond donors (Lipinski definition) is 1. The summed E-state index contributed by atoms with van der Waals surface area (Å²) in [7, 11) is 0. The van der Waals surface area contributed by atoms with Gasteiger partial charge in [0.05, 0.1) is 13.1 Å². The average molecular weight is 293 g/mol. The van der Waals surface area contributed by atoms with E-state index in [2.05, 4.69) is 5.32 Å². The number of hydrogen-bond acceptors (Lipinski definition) is 3. The summed E-state index contributed by atoms with van der Waals surface area (Å²) in [5.74, 6) is 1.93. The third-order valence-electron chi connectivity index (χ3n) is 5.47. The molecule has 2 amide bonds. The molecular weight excluding hydrogens is 266 g/mol. The average Bonchev–Trinajstić information content (AvgIpc) is 3.04. The Morgan fingerprint density at radius 2 is 1.71 bits per heavy atom. The Morgan fingerprint density at radius 3 is 2.38 bits per heavy atom. The Labute approximate surface area is 127 Å². The molecule has 0 aromatic rings. The minimum Gasteiger partial charge on any atom is -0.341 e. The largest absolute Gasteiger partial charge is 0.341 e. The number of amides is 2. The van der Waals surface area contributed by atoms with Crippen molar-refractivity contribution in [3.8, 4) is 0 Å². The molecule has 5 nitrogen and oxygen atoms in total. The summed E-state index contributed by atoms with van der Waals surface area (Å²) in [5, 5.41) is 3.04. The highest BCUT2D eigenvalue weighted by Crippen LogP contribution is 2.36. The normalized spacial score (nSPS) is 25.6. The number of rotatable bonds is 3. The molecule has 118 valence electrons. The third-order valence-corrected chi connectivity index (χ3v) is 5.47. The number of piperazine rings is 1. The van der Waals surface area contributed by atoms with E-state index in [1.165, 1.54) is 25.7 Å². The molecule has 0 aromatic carbocycles. The molecule has 0 radical (unpaired) electrons. The van der Waals surface area contributed by atoms with Gasteiger partial charge in [0, 0.05) is 26.2 Å². The molecule has 21 heavy (non-hydrogen) atoms. The highest BCUT2D eigenvalue weighted by Gasteiger charge is 2.31. The lowest BCUT2D eigenvalue weighted by atomic mass is 9.83. The zero-order valence-corrected chi connectivity index (χ0v) is 12.9. The van der Waals surface area contributed by atoms with Crippen LogP contribution in [-0.4, -0.2) is 60.9 Å². The molecule has 3 fully saturated rings. The molecule has 1 aliphatic carbocycles. The van der Waals surface area contributed by atoms with Gasteiger partial charge >= 0.3 is 0 Å². The molecule has 0 unspecified atom stereocenters. The van der Waals surface area contributed by atoms with Crippen molar-refractivity contribution in [1.82, 2.24) is 15.1 Å². The predicted octanol–water partition coefficient (Wildman–Crippen LogP) is 0.847. The van der Waals surface area contributed by atoms with Gasteiger partial charge in [-0.05, 0) is 24.7 Å². The monoisotopic (exact) mass is 293 g/mol. The summed E-state index contributed by atoms with van der Waals surface area (Å²) in [6.07, 6.45) is 7.91. The Balaban J connectivity index is 1.45. The van der Waals surface area contributed by atoms with Crippen LogP contribution < -0.4 is 5.32 Å². The molecule has 0 atom stereocenters. The fourth-order valence-corrected chi connectivity index (χ4v) is 4.13. The van der Waals surface area contributed by atoms with Crippen molar-refractivity contribution in [2.45, 2.75) is 38.5 Å². The van der Waals surface area contributed by atoms with Crippen LogP contribution in [0.4, 0.5) is 0 Å². The van der Waals surface area contributed by atoms with Gasteiger partial charge in [0.25, 0.3) is 0 Å². The molecule has 3 aliphatic rings. The van der Waals surface area contributed by atoms with Gasteiger partial charge in [-0.1, -0.05) is 25.7 Å². The van der Waals surface area contributed by atoms with Gasteiger partial charge in [0.2, 0.25) is 11.8 Å². The number of piperidine rings is 1. The molecule has 2 aliphatic heterocycles. The highest BCUT2D eigenvalue weighted by atomic mass is 16.2. The van der Waals surface area contributed by atoms with Crippen LogP contribution in [0.15, 0.2) is 0 Å². The molecule has 3 rings (SSSR count). The summed E-state index contributed by atoms with van der Waals surface area (Å²) in [5.41, 5.74) is 0. The Hall–Kier alpha value is -1.10. The van der Waals surface area contributed by atoms with Crippen LogP contribution >= 0.6 is 0 Å². The van der Waals surface area contributed by atoms with Crippen molar-refractivity contribution in [1.29, 1.82) is 0 Å². The van der Waals surface area contributed by atoms with Crippen LogP contribution in [0.1, 0.15) is 38.5 Å². The molecule has 2 saturated heterocycles. The molecular formula is C16H27N3O2. The minimum atomic E-state index is 0.0513. The lowest BCUT2D eigenvalue weighted by Crippen LogP contribution is -2.52. The van der Waals surface area contributed by atoms with Crippen molar-refractivity contribution in [3.63, 3.8) is 0 Å². The van der Waals surface area contributed by atoms with Gasteiger partial charge in [0.15, 0.2) is 0 Å². The maximum absolute atomic E-state index is 12.4. The van der Waals surface area contributed by atoms with Crippen molar-refractivity contribution in [3.05, 3.63) is 0 Å². The van der Waals surface area contributed by atoms with Gasteiger partial charge in [-0.3, -0.25) is 9.59 Å². The molecule has 0 bridgehead atoms. The van der Waals surface area contributed by atoms with E-state index >= 15 is 0 Å². The number of nitrogens with one attached hydrogen (secondary N) is 1. The maximum atomic E-state index is 12.4. The molecule has 2 heterocycles. The van der Waals surface area contributed by atoms with E-state index in [1.54, 1.807) is 4.90 Å². The van der Waals surface area contributed by atoms with E-state index in [1.807, 2.05) is 4.90 Å². The number of nitrogens with zero attached hydrogens (tertiary/aromatic N) is 2. The van der Waals surface area contributed by atoms with Crippen LogP contribution in [0.3, 0.4) is 0 Å². The van der Waals surface area contributed by atoms with Crippen molar-refractivity contribution in [2.75, 3.05) is 39.3 Å². The van der Waals surface area contributed by atoms with Crippen LogP contribution in [-0.2, 0) is 9.59 Å². The van der Waals surface area contributed by atoms with E-state index in [9.17, 15) is 9.59 Å². The van der Waals surface area contributed by atoms with E-state index in [-0.39, 0.29) is 18.4 Å². The standard InChI is InChI=1S/C16H27N3O2/c20-15-11-17-7-10-19(15)12-16(21)18-8-5-14(6-9-18)13-3-1-2-4-13/h13-14,17H,1-12H2. The van der Waals surface area contributed by atoms with Crippen LogP contribution in [0.5, 0.6) is 0 Å². The Bertz CT molecular complexity index is 385. The van der Waals surface area contributed by atoms with E-state index < -0.39 is 0 Å². The number of carbonyl (C=O) groups excluding carboxylic acids is 2. The zero-order chi connectivity index (χ0) is 14.7. The third kappa shape index (κ3) is 3.57. The summed E-state index contributed by atoms with van der Waals surface area (Å²) >= 11 is 0. The summed E-state index contributed by atoms with van der Waals surface area (Å²) in [6.45, 7) is 3.87. The first kappa shape index (κ1) is 14.8. The van der Waals surface area contributed by atoms with Gasteiger partial charge < -0.3 is 15.1 Å². The smallest absolute Gasteiger partial charge is 0.242 e. The van der Waals surface area contributed by atoms with Gasteiger partial charge in [-0.2, -0.15) is 0 Å². The quantitative estimate of drug-likeness (QED) is 0.839. The minimum absolute atomic E-state index is 0.0513. The van der Waals surface area contributed by atoms with E-state index in [0.29, 0.717) is 13.1 Å². The Kier molecular flexibility index (Phi) is 4.78. The second kappa shape index (κ2) is 6.77. The molecule has 0 spiro atoms. The molecule has 0 aromatic heterocycles. The van der Waals surface area contributed by atoms with Crippen LogP contribution in [0, 0.1) is 11.8 Å². The van der Waals surface area contributed by atoms with Gasteiger partial charge in [0.1, 0.15) is 0 Å². The van der Waals surface area contributed by atoms with Crippen molar-refractivity contribution < 1.29 is 9.59 Å². The predicted molar refractivity (Wildman–Crippen MR) is 80.7 cm³/mol.